The number of fused-ring (bicyclic) bond motifs is 1. The second kappa shape index (κ2) is 8.76. The Hall–Kier alpha value is -2.69. The molecule has 0 radical (unpaired) electrons. The Morgan fingerprint density at radius 2 is 1.72 bits per heavy atom. The molecule has 3 aromatic rings. The summed E-state index contributed by atoms with van der Waals surface area (Å²) in [6, 6.07) is 14.9. The third-order valence-electron chi connectivity index (χ3n) is 4.60. The highest BCUT2D eigenvalue weighted by Crippen LogP contribution is 2.34. The molecule has 1 aromatic heterocycles. The maximum absolute atomic E-state index is 13.2. The summed E-state index contributed by atoms with van der Waals surface area (Å²) < 4.78 is 26.5. The van der Waals surface area contributed by atoms with Gasteiger partial charge in [0.2, 0.25) is 9.84 Å². The summed E-state index contributed by atoms with van der Waals surface area (Å²) in [7, 11) is -2.18. The maximum Gasteiger partial charge on any atom is 0.200 e. The number of hydrogen-bond donors (Lipinski definition) is 0. The van der Waals surface area contributed by atoms with Crippen molar-refractivity contribution in [3.63, 3.8) is 0 Å². The summed E-state index contributed by atoms with van der Waals surface area (Å²) >= 11 is 5.88. The van der Waals surface area contributed by atoms with Crippen LogP contribution in [0.4, 0.5) is 5.82 Å². The van der Waals surface area contributed by atoms with E-state index in [-0.39, 0.29) is 10.6 Å². The van der Waals surface area contributed by atoms with Crippen LogP contribution < -0.4 is 4.90 Å². The fourth-order valence-corrected chi connectivity index (χ4v) is 4.50. The van der Waals surface area contributed by atoms with Gasteiger partial charge in [0.15, 0.2) is 11.1 Å². The molecule has 0 N–H and O–H groups in total. The SMILES string of the molecule is CCCCN(C)c1nc2ccccc2nc1C(C#N)S(=O)(=O)c1ccc(Cl)cc1. The Bertz CT molecular complexity index is 1160. The van der Waals surface area contributed by atoms with E-state index in [0.717, 1.165) is 12.8 Å². The van der Waals surface area contributed by atoms with Crippen LogP contribution in [0.1, 0.15) is 30.7 Å². The summed E-state index contributed by atoms with van der Waals surface area (Å²) in [6.07, 6.45) is 1.89. The lowest BCUT2D eigenvalue weighted by atomic mass is 10.2. The molecule has 0 amide bonds. The van der Waals surface area contributed by atoms with Gasteiger partial charge in [0.25, 0.3) is 0 Å². The standard InChI is InChI=1S/C21H21ClN4O2S/c1-3-4-13-26(2)21-20(24-17-7-5-6-8-18(17)25-21)19(14-23)29(27,28)16-11-9-15(22)10-12-16/h5-12,19H,3-4,13H2,1-2H3. The molecular formula is C21H21ClN4O2S. The van der Waals surface area contributed by atoms with E-state index in [1.165, 1.54) is 24.3 Å². The molecule has 0 bridgehead atoms. The van der Waals surface area contributed by atoms with Crippen molar-refractivity contribution in [1.29, 1.82) is 5.26 Å². The summed E-state index contributed by atoms with van der Waals surface area (Å²) in [4.78, 5) is 11.1. The molecule has 0 aliphatic rings. The van der Waals surface area contributed by atoms with Gasteiger partial charge in [0.1, 0.15) is 5.69 Å². The smallest absolute Gasteiger partial charge is 0.200 e. The molecule has 2 aromatic carbocycles. The number of para-hydroxylation sites is 2. The van der Waals surface area contributed by atoms with E-state index in [0.29, 0.717) is 28.4 Å². The lowest BCUT2D eigenvalue weighted by Gasteiger charge is -2.23. The second-order valence-corrected chi connectivity index (χ2v) is 9.17. The highest BCUT2D eigenvalue weighted by molar-refractivity contribution is 7.92. The van der Waals surface area contributed by atoms with Crippen molar-refractivity contribution in [3.05, 3.63) is 59.2 Å². The van der Waals surface area contributed by atoms with Gasteiger partial charge in [-0.3, -0.25) is 0 Å². The van der Waals surface area contributed by atoms with Crippen molar-refractivity contribution in [1.82, 2.24) is 9.97 Å². The van der Waals surface area contributed by atoms with Crippen LogP contribution in [0.3, 0.4) is 0 Å². The van der Waals surface area contributed by atoms with Crippen molar-refractivity contribution in [2.24, 2.45) is 0 Å². The molecule has 0 saturated carbocycles. The zero-order valence-electron chi connectivity index (χ0n) is 16.2. The quantitative estimate of drug-likeness (QED) is 0.548. The molecule has 0 fully saturated rings. The van der Waals surface area contributed by atoms with Gasteiger partial charge >= 0.3 is 0 Å². The van der Waals surface area contributed by atoms with Crippen LogP contribution in [0.25, 0.3) is 11.0 Å². The first-order valence-electron chi connectivity index (χ1n) is 9.25. The molecule has 1 unspecified atom stereocenters. The van der Waals surface area contributed by atoms with Crippen LogP contribution in [0.5, 0.6) is 0 Å². The number of nitriles is 1. The molecule has 1 atom stereocenters. The number of halogens is 1. The predicted octanol–water partition coefficient (Wildman–Crippen LogP) is 4.56. The van der Waals surface area contributed by atoms with Crippen LogP contribution in [0.2, 0.25) is 5.02 Å². The van der Waals surface area contributed by atoms with Crippen molar-refractivity contribution in [3.8, 4) is 6.07 Å². The number of sulfone groups is 1. The van der Waals surface area contributed by atoms with Crippen molar-refractivity contribution in [2.45, 2.75) is 29.9 Å². The molecule has 150 valence electrons. The molecule has 0 saturated heterocycles. The second-order valence-electron chi connectivity index (χ2n) is 6.70. The predicted molar refractivity (Wildman–Crippen MR) is 115 cm³/mol. The van der Waals surface area contributed by atoms with Gasteiger partial charge in [-0.15, -0.1) is 0 Å². The lowest BCUT2D eigenvalue weighted by Crippen LogP contribution is -2.24. The van der Waals surface area contributed by atoms with E-state index in [9.17, 15) is 13.7 Å². The number of nitrogens with zero attached hydrogens (tertiary/aromatic N) is 4. The van der Waals surface area contributed by atoms with Crippen LogP contribution in [-0.4, -0.2) is 32.0 Å². The minimum atomic E-state index is -4.02. The van der Waals surface area contributed by atoms with Gasteiger partial charge in [-0.05, 0) is 42.8 Å². The molecular weight excluding hydrogens is 408 g/mol. The lowest BCUT2D eigenvalue weighted by molar-refractivity contribution is 0.590. The Balaban J connectivity index is 2.19. The molecule has 0 spiro atoms. The van der Waals surface area contributed by atoms with E-state index in [1.807, 2.05) is 30.1 Å². The first-order valence-corrected chi connectivity index (χ1v) is 11.2. The van der Waals surface area contributed by atoms with Crippen LogP contribution in [-0.2, 0) is 9.84 Å². The molecule has 3 rings (SSSR count). The largest absolute Gasteiger partial charge is 0.358 e. The summed E-state index contributed by atoms with van der Waals surface area (Å²) in [5.74, 6) is 0.404. The third kappa shape index (κ3) is 4.34. The molecule has 0 aliphatic carbocycles. The fraction of sp³-hybridized carbons (Fsp3) is 0.286. The zero-order valence-corrected chi connectivity index (χ0v) is 17.8. The van der Waals surface area contributed by atoms with Gasteiger partial charge in [-0.1, -0.05) is 37.1 Å². The molecule has 8 heteroatoms. The number of aromatic nitrogens is 2. The van der Waals surface area contributed by atoms with E-state index in [2.05, 4.69) is 16.9 Å². The number of anilines is 1. The van der Waals surface area contributed by atoms with Gasteiger partial charge in [-0.2, -0.15) is 5.26 Å². The number of rotatable bonds is 7. The highest BCUT2D eigenvalue weighted by atomic mass is 35.5. The monoisotopic (exact) mass is 428 g/mol. The minimum absolute atomic E-state index is 0.0190. The first kappa shape index (κ1) is 21.0. The highest BCUT2D eigenvalue weighted by Gasteiger charge is 2.34. The Morgan fingerprint density at radius 3 is 2.31 bits per heavy atom. The van der Waals surface area contributed by atoms with E-state index >= 15 is 0 Å². The van der Waals surface area contributed by atoms with Crippen molar-refractivity contribution >= 4 is 38.3 Å². The van der Waals surface area contributed by atoms with E-state index in [1.54, 1.807) is 12.1 Å². The average molecular weight is 429 g/mol. The van der Waals surface area contributed by atoms with Crippen molar-refractivity contribution < 1.29 is 8.42 Å². The molecule has 0 aliphatic heterocycles. The number of hydrogen-bond acceptors (Lipinski definition) is 6. The number of unbranched alkanes of at least 4 members (excludes halogenated alkanes) is 1. The summed E-state index contributed by atoms with van der Waals surface area (Å²) in [5, 5.41) is 8.78. The maximum atomic E-state index is 13.2. The Kier molecular flexibility index (Phi) is 6.36. The van der Waals surface area contributed by atoms with Gasteiger partial charge < -0.3 is 4.90 Å². The fourth-order valence-electron chi connectivity index (χ4n) is 3.00. The van der Waals surface area contributed by atoms with Crippen LogP contribution in [0.15, 0.2) is 53.4 Å². The van der Waals surface area contributed by atoms with Gasteiger partial charge in [0.05, 0.1) is 22.0 Å². The third-order valence-corrected chi connectivity index (χ3v) is 6.74. The van der Waals surface area contributed by atoms with E-state index in [4.69, 9.17) is 11.6 Å². The van der Waals surface area contributed by atoms with Crippen LogP contribution >= 0.6 is 11.6 Å². The van der Waals surface area contributed by atoms with Gasteiger partial charge in [0, 0.05) is 18.6 Å². The minimum Gasteiger partial charge on any atom is -0.358 e. The molecule has 1 heterocycles. The Morgan fingerprint density at radius 1 is 1.10 bits per heavy atom. The topological polar surface area (TPSA) is 86.9 Å². The zero-order chi connectivity index (χ0) is 21.0. The van der Waals surface area contributed by atoms with Crippen LogP contribution in [0, 0.1) is 11.3 Å². The van der Waals surface area contributed by atoms with E-state index < -0.39 is 15.1 Å². The average Bonchev–Trinajstić information content (AvgIpc) is 2.72. The summed E-state index contributed by atoms with van der Waals surface area (Å²) in [6.45, 7) is 2.75. The van der Waals surface area contributed by atoms with Gasteiger partial charge in [-0.25, -0.2) is 18.4 Å². The first-order chi connectivity index (χ1) is 13.9. The summed E-state index contributed by atoms with van der Waals surface area (Å²) in [5.41, 5.74) is 1.33. The molecule has 29 heavy (non-hydrogen) atoms. The Labute approximate surface area is 175 Å². The number of benzene rings is 2. The normalized spacial score (nSPS) is 12.5. The molecule has 6 nitrogen and oxygen atoms in total. The van der Waals surface area contributed by atoms with Crippen molar-refractivity contribution in [2.75, 3.05) is 18.5 Å².